The Bertz CT molecular complexity index is 778. The summed E-state index contributed by atoms with van der Waals surface area (Å²) in [5.41, 5.74) is 0.771. The quantitative estimate of drug-likeness (QED) is 0.880. The van der Waals surface area contributed by atoms with Crippen LogP contribution in [0.15, 0.2) is 24.4 Å². The zero-order chi connectivity index (χ0) is 15.6. The first kappa shape index (κ1) is 15.0. The van der Waals surface area contributed by atoms with Gasteiger partial charge in [0, 0.05) is 12.0 Å². The summed E-state index contributed by atoms with van der Waals surface area (Å²) in [6.07, 6.45) is 3.83. The summed E-state index contributed by atoms with van der Waals surface area (Å²) in [6.45, 7) is 0.571. The van der Waals surface area contributed by atoms with Crippen LogP contribution in [-0.4, -0.2) is 43.0 Å². The molecule has 0 radical (unpaired) electrons. The summed E-state index contributed by atoms with van der Waals surface area (Å²) >= 11 is 0. The van der Waals surface area contributed by atoms with Gasteiger partial charge in [-0.15, -0.1) is 0 Å². The van der Waals surface area contributed by atoms with E-state index in [0.29, 0.717) is 18.5 Å². The number of aromatic nitrogens is 2. The SMILES string of the molecule is O=C(NS(=O)(=O)C[C@H]1CCCCO1)c1cccc2cn[nH]c12. The molecule has 1 atom stereocenters. The van der Waals surface area contributed by atoms with Crippen molar-refractivity contribution in [3.8, 4) is 0 Å². The van der Waals surface area contributed by atoms with Crippen molar-refractivity contribution in [3.63, 3.8) is 0 Å². The molecule has 0 bridgehead atoms. The highest BCUT2D eigenvalue weighted by atomic mass is 32.2. The molecule has 2 aromatic rings. The third kappa shape index (κ3) is 3.28. The molecule has 1 aliphatic heterocycles. The van der Waals surface area contributed by atoms with Crippen molar-refractivity contribution >= 4 is 26.8 Å². The summed E-state index contributed by atoms with van der Waals surface area (Å²) in [4.78, 5) is 12.2. The molecule has 118 valence electrons. The molecule has 8 heteroatoms. The van der Waals surface area contributed by atoms with Crippen molar-refractivity contribution in [1.29, 1.82) is 0 Å². The molecule has 1 aromatic heterocycles. The molecule has 22 heavy (non-hydrogen) atoms. The van der Waals surface area contributed by atoms with Gasteiger partial charge in [-0.3, -0.25) is 9.89 Å². The van der Waals surface area contributed by atoms with Crippen LogP contribution in [0.1, 0.15) is 29.6 Å². The van der Waals surface area contributed by atoms with Crippen LogP contribution in [0, 0.1) is 0 Å². The Labute approximate surface area is 128 Å². The Balaban J connectivity index is 1.74. The lowest BCUT2D eigenvalue weighted by molar-refractivity contribution is 0.0304. The number of hydrogen-bond acceptors (Lipinski definition) is 5. The fourth-order valence-electron chi connectivity index (χ4n) is 2.58. The third-order valence-corrected chi connectivity index (χ3v) is 4.96. The number of amides is 1. The van der Waals surface area contributed by atoms with Crippen LogP contribution in [0.2, 0.25) is 0 Å². The summed E-state index contributed by atoms with van der Waals surface area (Å²) in [7, 11) is -3.74. The largest absolute Gasteiger partial charge is 0.377 e. The second-order valence-electron chi connectivity index (χ2n) is 5.34. The second-order valence-corrected chi connectivity index (χ2v) is 7.11. The maximum absolute atomic E-state index is 12.2. The molecule has 1 amide bonds. The van der Waals surface area contributed by atoms with Gasteiger partial charge in [-0.2, -0.15) is 5.10 Å². The Morgan fingerprint density at radius 2 is 2.27 bits per heavy atom. The average molecular weight is 323 g/mol. The van der Waals surface area contributed by atoms with Crippen LogP contribution < -0.4 is 4.72 Å². The van der Waals surface area contributed by atoms with E-state index >= 15 is 0 Å². The highest BCUT2D eigenvalue weighted by Crippen LogP contribution is 2.17. The lowest BCUT2D eigenvalue weighted by Gasteiger charge is -2.22. The summed E-state index contributed by atoms with van der Waals surface area (Å²) in [6, 6.07) is 5.03. The smallest absolute Gasteiger partial charge is 0.266 e. The van der Waals surface area contributed by atoms with Gasteiger partial charge in [0.15, 0.2) is 0 Å². The number of fused-ring (bicyclic) bond motifs is 1. The number of nitrogens with one attached hydrogen (secondary N) is 2. The summed E-state index contributed by atoms with van der Waals surface area (Å²) in [5.74, 6) is -0.858. The maximum atomic E-state index is 12.2. The molecule has 1 aromatic carbocycles. The van der Waals surface area contributed by atoms with E-state index < -0.39 is 15.9 Å². The number of ether oxygens (including phenoxy) is 1. The molecule has 7 nitrogen and oxygen atoms in total. The zero-order valence-electron chi connectivity index (χ0n) is 11.9. The molecule has 0 saturated carbocycles. The summed E-state index contributed by atoms with van der Waals surface area (Å²) in [5, 5.41) is 7.32. The number of hydrogen-bond donors (Lipinski definition) is 2. The number of carbonyl (C=O) groups is 1. The van der Waals surface area contributed by atoms with Gasteiger partial charge in [0.05, 0.1) is 29.1 Å². The van der Waals surface area contributed by atoms with Gasteiger partial charge in [0.25, 0.3) is 5.91 Å². The predicted octanol–water partition coefficient (Wildman–Crippen LogP) is 1.19. The Morgan fingerprint density at radius 1 is 1.41 bits per heavy atom. The standard InChI is InChI=1S/C14H17N3O4S/c18-14(12-6-3-4-10-8-15-16-13(10)12)17-22(19,20)9-11-5-1-2-7-21-11/h3-4,6,8,11H,1-2,5,7,9H2,(H,15,16)(H,17,18)/t11-/m1/s1. The lowest BCUT2D eigenvalue weighted by atomic mass is 10.1. The second kappa shape index (κ2) is 6.05. The number of nitrogens with zero attached hydrogens (tertiary/aromatic N) is 1. The van der Waals surface area contributed by atoms with Crippen LogP contribution in [0.25, 0.3) is 10.9 Å². The number of para-hydroxylation sites is 1. The number of carbonyl (C=O) groups excluding carboxylic acids is 1. The van der Waals surface area contributed by atoms with Crippen LogP contribution in [0.3, 0.4) is 0 Å². The minimum atomic E-state index is -3.74. The predicted molar refractivity (Wildman–Crippen MR) is 80.9 cm³/mol. The molecule has 2 N–H and O–H groups in total. The highest BCUT2D eigenvalue weighted by molar-refractivity contribution is 7.90. The van der Waals surface area contributed by atoms with E-state index in [9.17, 15) is 13.2 Å². The van der Waals surface area contributed by atoms with Crippen molar-refractivity contribution in [3.05, 3.63) is 30.0 Å². The molecule has 3 rings (SSSR count). The number of benzene rings is 1. The molecule has 2 heterocycles. The number of aromatic amines is 1. The van der Waals surface area contributed by atoms with Crippen molar-refractivity contribution in [2.45, 2.75) is 25.4 Å². The molecule has 0 spiro atoms. The van der Waals surface area contributed by atoms with Crippen LogP contribution in [0.5, 0.6) is 0 Å². The summed E-state index contributed by atoms with van der Waals surface area (Å²) < 4.78 is 31.8. The zero-order valence-corrected chi connectivity index (χ0v) is 12.7. The van der Waals surface area contributed by atoms with Gasteiger partial charge in [-0.1, -0.05) is 12.1 Å². The molecule has 1 fully saturated rings. The van der Waals surface area contributed by atoms with E-state index in [-0.39, 0.29) is 17.4 Å². The number of sulfonamides is 1. The van der Waals surface area contributed by atoms with Crippen molar-refractivity contribution < 1.29 is 17.9 Å². The molecular weight excluding hydrogens is 306 g/mol. The van der Waals surface area contributed by atoms with Crippen molar-refractivity contribution in [2.75, 3.05) is 12.4 Å². The maximum Gasteiger partial charge on any atom is 0.266 e. The normalized spacial score (nSPS) is 19.2. The Kier molecular flexibility index (Phi) is 4.12. The van der Waals surface area contributed by atoms with Crippen molar-refractivity contribution in [1.82, 2.24) is 14.9 Å². The molecule has 0 aliphatic carbocycles. The number of H-pyrrole nitrogens is 1. The van der Waals surface area contributed by atoms with Gasteiger partial charge in [0.1, 0.15) is 0 Å². The lowest BCUT2D eigenvalue weighted by Crippen LogP contribution is -2.38. The fraction of sp³-hybridized carbons (Fsp3) is 0.429. The first-order valence-corrected chi connectivity index (χ1v) is 8.79. The average Bonchev–Trinajstić information content (AvgIpc) is 2.95. The monoisotopic (exact) mass is 323 g/mol. The molecule has 0 unspecified atom stereocenters. The van der Waals surface area contributed by atoms with E-state index in [1.54, 1.807) is 24.4 Å². The van der Waals surface area contributed by atoms with Gasteiger partial charge in [-0.05, 0) is 25.3 Å². The highest BCUT2D eigenvalue weighted by Gasteiger charge is 2.24. The molecule has 1 saturated heterocycles. The first-order chi connectivity index (χ1) is 10.6. The molecule has 1 aliphatic rings. The van der Waals surface area contributed by atoms with E-state index in [0.717, 1.165) is 18.2 Å². The van der Waals surface area contributed by atoms with Crippen LogP contribution >= 0.6 is 0 Å². The van der Waals surface area contributed by atoms with E-state index in [1.165, 1.54) is 0 Å². The van der Waals surface area contributed by atoms with Crippen LogP contribution in [-0.2, 0) is 14.8 Å². The minimum absolute atomic E-state index is 0.197. The van der Waals surface area contributed by atoms with E-state index in [1.807, 2.05) is 0 Å². The van der Waals surface area contributed by atoms with E-state index in [4.69, 9.17) is 4.74 Å². The van der Waals surface area contributed by atoms with Gasteiger partial charge >= 0.3 is 0 Å². The van der Waals surface area contributed by atoms with Crippen molar-refractivity contribution in [2.24, 2.45) is 0 Å². The van der Waals surface area contributed by atoms with Crippen LogP contribution in [0.4, 0.5) is 0 Å². The van der Waals surface area contributed by atoms with Gasteiger partial charge < -0.3 is 4.74 Å². The van der Waals surface area contributed by atoms with Gasteiger partial charge in [0.2, 0.25) is 10.0 Å². The topological polar surface area (TPSA) is 101 Å². The molecular formula is C14H17N3O4S. The Hall–Kier alpha value is -1.93. The third-order valence-electron chi connectivity index (χ3n) is 3.65. The van der Waals surface area contributed by atoms with Gasteiger partial charge in [-0.25, -0.2) is 13.1 Å². The fourth-order valence-corrected chi connectivity index (χ4v) is 3.81. The number of rotatable bonds is 4. The first-order valence-electron chi connectivity index (χ1n) is 7.14. The minimum Gasteiger partial charge on any atom is -0.377 e. The Morgan fingerprint density at radius 3 is 3.05 bits per heavy atom. The van der Waals surface area contributed by atoms with E-state index in [2.05, 4.69) is 14.9 Å².